The Morgan fingerprint density at radius 2 is 1.09 bits per heavy atom. The second-order valence-corrected chi connectivity index (χ2v) is 5.13. The minimum absolute atomic E-state index is 0.527. The van der Waals surface area contributed by atoms with Crippen molar-refractivity contribution >= 4 is 11.4 Å². The summed E-state index contributed by atoms with van der Waals surface area (Å²) in [6.07, 6.45) is 0. The number of hydrogen-bond acceptors (Lipinski definition) is 5. The van der Waals surface area contributed by atoms with E-state index in [1.165, 1.54) is 0 Å². The van der Waals surface area contributed by atoms with Gasteiger partial charge in [-0.1, -0.05) is 0 Å². The fraction of sp³-hybridized carbons (Fsp3) is 0.222. The number of rotatable bonds is 6. The second kappa shape index (κ2) is 6.96. The van der Waals surface area contributed by atoms with Crippen LogP contribution in [-0.2, 0) is 0 Å². The number of hydrogen-bond donors (Lipinski definition) is 2. The number of anilines is 2. The zero-order valence-corrected chi connectivity index (χ0v) is 13.3. The minimum Gasteiger partial charge on any atom is -0.416 e. The van der Waals surface area contributed by atoms with E-state index in [9.17, 15) is 0 Å². The van der Waals surface area contributed by atoms with Crippen molar-refractivity contribution in [3.63, 3.8) is 0 Å². The molecule has 0 fully saturated rings. The lowest BCUT2D eigenvalue weighted by Gasteiger charge is -2.03. The maximum Gasteiger partial charge on any atom is 0.248 e. The van der Waals surface area contributed by atoms with Crippen LogP contribution >= 0.6 is 0 Å². The summed E-state index contributed by atoms with van der Waals surface area (Å²) in [6, 6.07) is 15.9. The molecule has 0 spiro atoms. The first-order valence-electron chi connectivity index (χ1n) is 7.82. The Hall–Kier alpha value is -2.82. The largest absolute Gasteiger partial charge is 0.416 e. The Kier molecular flexibility index (Phi) is 4.57. The van der Waals surface area contributed by atoms with Gasteiger partial charge in [-0.25, -0.2) is 0 Å². The zero-order chi connectivity index (χ0) is 16.1. The van der Waals surface area contributed by atoms with Gasteiger partial charge in [0.25, 0.3) is 0 Å². The lowest BCUT2D eigenvalue weighted by atomic mass is 10.2. The molecule has 3 rings (SSSR count). The van der Waals surface area contributed by atoms with Crippen LogP contribution in [-0.4, -0.2) is 23.3 Å². The quantitative estimate of drug-likeness (QED) is 0.712. The normalized spacial score (nSPS) is 10.5. The predicted octanol–water partition coefficient (Wildman–Crippen LogP) is 4.27. The molecule has 0 aliphatic rings. The van der Waals surface area contributed by atoms with Crippen LogP contribution in [0.15, 0.2) is 52.9 Å². The molecule has 0 aliphatic heterocycles. The highest BCUT2D eigenvalue weighted by molar-refractivity contribution is 5.62. The molecule has 0 atom stereocenters. The molecule has 2 aromatic carbocycles. The molecule has 1 heterocycles. The SMILES string of the molecule is CCNc1ccc(-c2nnc(-c3ccc(NCC)cc3)o2)cc1. The standard InChI is InChI=1S/C18H20N4O/c1-3-19-15-9-5-13(6-10-15)17-21-22-18(23-17)14-7-11-16(12-8-14)20-4-2/h5-12,19-20H,3-4H2,1-2H3. The molecule has 0 aliphatic carbocycles. The second-order valence-electron chi connectivity index (χ2n) is 5.13. The van der Waals surface area contributed by atoms with E-state index in [1.807, 2.05) is 48.5 Å². The summed E-state index contributed by atoms with van der Waals surface area (Å²) >= 11 is 0. The Balaban J connectivity index is 1.79. The molecule has 0 amide bonds. The predicted molar refractivity (Wildman–Crippen MR) is 93.5 cm³/mol. The van der Waals surface area contributed by atoms with Crippen LogP contribution in [0.5, 0.6) is 0 Å². The van der Waals surface area contributed by atoms with E-state index in [0.29, 0.717) is 11.8 Å². The molecule has 23 heavy (non-hydrogen) atoms. The van der Waals surface area contributed by atoms with E-state index >= 15 is 0 Å². The van der Waals surface area contributed by atoms with Gasteiger partial charge in [-0.15, -0.1) is 10.2 Å². The van der Waals surface area contributed by atoms with Crippen molar-refractivity contribution in [2.45, 2.75) is 13.8 Å². The molecule has 0 bridgehead atoms. The van der Waals surface area contributed by atoms with Crippen molar-refractivity contribution < 1.29 is 4.42 Å². The molecule has 0 saturated carbocycles. The summed E-state index contributed by atoms with van der Waals surface area (Å²) in [6.45, 7) is 5.93. The van der Waals surface area contributed by atoms with Gasteiger partial charge in [0.15, 0.2) is 0 Å². The molecule has 1 aromatic heterocycles. The van der Waals surface area contributed by atoms with Crippen LogP contribution < -0.4 is 10.6 Å². The maximum absolute atomic E-state index is 5.79. The van der Waals surface area contributed by atoms with Gasteiger partial charge in [-0.2, -0.15) is 0 Å². The Morgan fingerprint density at radius 1 is 0.696 bits per heavy atom. The van der Waals surface area contributed by atoms with Gasteiger partial charge in [0.1, 0.15) is 0 Å². The van der Waals surface area contributed by atoms with E-state index in [2.05, 4.69) is 34.7 Å². The van der Waals surface area contributed by atoms with Crippen LogP contribution in [0.3, 0.4) is 0 Å². The highest BCUT2D eigenvalue weighted by Crippen LogP contribution is 2.25. The van der Waals surface area contributed by atoms with Gasteiger partial charge in [0.05, 0.1) is 0 Å². The number of benzene rings is 2. The van der Waals surface area contributed by atoms with Crippen molar-refractivity contribution in [1.82, 2.24) is 10.2 Å². The zero-order valence-electron chi connectivity index (χ0n) is 13.3. The summed E-state index contributed by atoms with van der Waals surface area (Å²) in [5.74, 6) is 1.05. The van der Waals surface area contributed by atoms with Crippen molar-refractivity contribution in [2.24, 2.45) is 0 Å². The Bertz CT molecular complexity index is 683. The van der Waals surface area contributed by atoms with E-state index in [0.717, 1.165) is 35.6 Å². The first kappa shape index (κ1) is 15.1. The maximum atomic E-state index is 5.79. The van der Waals surface area contributed by atoms with Crippen LogP contribution in [0.4, 0.5) is 11.4 Å². The monoisotopic (exact) mass is 308 g/mol. The molecular weight excluding hydrogens is 288 g/mol. The van der Waals surface area contributed by atoms with Crippen molar-refractivity contribution in [2.75, 3.05) is 23.7 Å². The molecule has 118 valence electrons. The van der Waals surface area contributed by atoms with Gasteiger partial charge in [-0.05, 0) is 62.4 Å². The molecule has 0 saturated heterocycles. The van der Waals surface area contributed by atoms with E-state index in [4.69, 9.17) is 4.42 Å². The smallest absolute Gasteiger partial charge is 0.248 e. The van der Waals surface area contributed by atoms with Crippen molar-refractivity contribution in [3.05, 3.63) is 48.5 Å². The molecule has 3 aromatic rings. The molecule has 5 heteroatoms. The number of nitrogens with one attached hydrogen (secondary N) is 2. The van der Waals surface area contributed by atoms with Gasteiger partial charge in [0, 0.05) is 35.6 Å². The summed E-state index contributed by atoms with van der Waals surface area (Å²) in [5, 5.41) is 14.8. The fourth-order valence-corrected chi connectivity index (χ4v) is 2.33. The van der Waals surface area contributed by atoms with Gasteiger partial charge < -0.3 is 15.1 Å². The number of aromatic nitrogens is 2. The number of nitrogens with zero attached hydrogens (tertiary/aromatic N) is 2. The Labute approximate surface area is 135 Å². The average Bonchev–Trinajstić information content (AvgIpc) is 3.07. The van der Waals surface area contributed by atoms with Gasteiger partial charge in [-0.3, -0.25) is 0 Å². The highest BCUT2D eigenvalue weighted by atomic mass is 16.4. The third-order valence-electron chi connectivity index (χ3n) is 3.45. The minimum atomic E-state index is 0.527. The topological polar surface area (TPSA) is 63.0 Å². The molecule has 0 radical (unpaired) electrons. The van der Waals surface area contributed by atoms with E-state index in [-0.39, 0.29) is 0 Å². The van der Waals surface area contributed by atoms with Crippen LogP contribution in [0.25, 0.3) is 22.9 Å². The van der Waals surface area contributed by atoms with Crippen LogP contribution in [0, 0.1) is 0 Å². The lowest BCUT2D eigenvalue weighted by molar-refractivity contribution is 0.584. The highest BCUT2D eigenvalue weighted by Gasteiger charge is 2.10. The van der Waals surface area contributed by atoms with Crippen molar-refractivity contribution in [1.29, 1.82) is 0 Å². The third-order valence-corrected chi connectivity index (χ3v) is 3.45. The van der Waals surface area contributed by atoms with E-state index < -0.39 is 0 Å². The first-order chi connectivity index (χ1) is 11.3. The molecule has 2 N–H and O–H groups in total. The van der Waals surface area contributed by atoms with Crippen LogP contribution in [0.1, 0.15) is 13.8 Å². The van der Waals surface area contributed by atoms with Gasteiger partial charge in [0.2, 0.25) is 11.8 Å². The Morgan fingerprint density at radius 3 is 1.43 bits per heavy atom. The summed E-state index contributed by atoms with van der Waals surface area (Å²) in [4.78, 5) is 0. The summed E-state index contributed by atoms with van der Waals surface area (Å²) in [7, 11) is 0. The lowest BCUT2D eigenvalue weighted by Crippen LogP contribution is -1.95. The summed E-state index contributed by atoms with van der Waals surface area (Å²) in [5.41, 5.74) is 3.98. The van der Waals surface area contributed by atoms with Crippen LogP contribution in [0.2, 0.25) is 0 Å². The third kappa shape index (κ3) is 3.51. The first-order valence-corrected chi connectivity index (χ1v) is 7.82. The van der Waals surface area contributed by atoms with Gasteiger partial charge >= 0.3 is 0 Å². The summed E-state index contributed by atoms with van der Waals surface area (Å²) < 4.78 is 5.79. The molecular formula is C18H20N4O. The fourth-order valence-electron chi connectivity index (χ4n) is 2.33. The molecule has 5 nitrogen and oxygen atoms in total. The average molecular weight is 308 g/mol. The van der Waals surface area contributed by atoms with Crippen molar-refractivity contribution in [3.8, 4) is 22.9 Å². The molecule has 0 unspecified atom stereocenters. The van der Waals surface area contributed by atoms with E-state index in [1.54, 1.807) is 0 Å².